The van der Waals surface area contributed by atoms with Crippen molar-refractivity contribution in [1.29, 1.82) is 0 Å². The largest absolute Gasteiger partial charge is 0.311 e. The Morgan fingerprint density at radius 3 is 2.20 bits per heavy atom. The van der Waals surface area contributed by atoms with E-state index in [1.165, 1.54) is 44.1 Å². The second-order valence-electron chi connectivity index (χ2n) is 7.52. The summed E-state index contributed by atoms with van der Waals surface area (Å²) >= 11 is 0. The molecule has 2 fully saturated rings. The zero-order chi connectivity index (χ0) is 14.2. The van der Waals surface area contributed by atoms with E-state index < -0.39 is 0 Å². The molecule has 110 valence electrons. The molecule has 1 nitrogen and oxygen atoms in total. The van der Waals surface area contributed by atoms with Crippen LogP contribution in [-0.4, -0.2) is 12.1 Å². The van der Waals surface area contributed by atoms with Gasteiger partial charge in [0.15, 0.2) is 0 Å². The lowest BCUT2D eigenvalue weighted by atomic mass is 9.73. The van der Waals surface area contributed by atoms with Gasteiger partial charge in [0.05, 0.1) is 0 Å². The Morgan fingerprint density at radius 1 is 1.00 bits per heavy atom. The minimum atomic E-state index is -0.132. The van der Waals surface area contributed by atoms with Crippen LogP contribution < -0.4 is 5.32 Å². The molecule has 0 unspecified atom stereocenters. The number of rotatable bonds is 3. The normalized spacial score (nSPS) is 29.9. The van der Waals surface area contributed by atoms with Crippen LogP contribution in [-0.2, 0) is 0 Å². The summed E-state index contributed by atoms with van der Waals surface area (Å²) in [4.78, 5) is 0. The molecule has 1 aromatic carbocycles. The number of hydrogen-bond donors (Lipinski definition) is 1. The van der Waals surface area contributed by atoms with Crippen LogP contribution >= 0.6 is 0 Å². The van der Waals surface area contributed by atoms with Gasteiger partial charge in [-0.3, -0.25) is 0 Å². The second kappa shape index (κ2) is 5.48. The summed E-state index contributed by atoms with van der Waals surface area (Å²) in [5.74, 6) is 0.501. The molecule has 0 amide bonds. The van der Waals surface area contributed by atoms with Gasteiger partial charge >= 0.3 is 0 Å². The molecule has 0 heterocycles. The molecule has 2 aliphatic carbocycles. The van der Waals surface area contributed by atoms with Crippen molar-refractivity contribution in [3.8, 4) is 0 Å². The third-order valence-corrected chi connectivity index (χ3v) is 5.29. The Bertz CT molecular complexity index is 435. The molecule has 2 saturated carbocycles. The van der Waals surface area contributed by atoms with Crippen LogP contribution in [0.4, 0.5) is 4.39 Å². The summed E-state index contributed by atoms with van der Waals surface area (Å²) < 4.78 is 12.9. The average molecular weight is 275 g/mol. The number of halogens is 1. The first-order chi connectivity index (χ1) is 9.52. The Balaban J connectivity index is 1.43. The van der Waals surface area contributed by atoms with Crippen molar-refractivity contribution < 1.29 is 4.39 Å². The highest BCUT2D eigenvalue weighted by atomic mass is 19.1. The Labute approximate surface area is 122 Å². The van der Waals surface area contributed by atoms with Crippen molar-refractivity contribution in [2.45, 2.75) is 70.4 Å². The first-order valence-electron chi connectivity index (χ1n) is 8.03. The zero-order valence-electron chi connectivity index (χ0n) is 12.7. The van der Waals surface area contributed by atoms with E-state index in [0.717, 1.165) is 6.04 Å². The predicted molar refractivity (Wildman–Crippen MR) is 81.3 cm³/mol. The number of hydrogen-bond acceptors (Lipinski definition) is 1. The van der Waals surface area contributed by atoms with E-state index in [1.807, 2.05) is 12.1 Å². The summed E-state index contributed by atoms with van der Waals surface area (Å²) in [5.41, 5.74) is 1.85. The molecule has 0 atom stereocenters. The minimum Gasteiger partial charge on any atom is -0.311 e. The van der Waals surface area contributed by atoms with Crippen LogP contribution in [0.5, 0.6) is 0 Å². The molecular formula is C18H26FN. The zero-order valence-corrected chi connectivity index (χ0v) is 12.7. The highest BCUT2D eigenvalue weighted by molar-refractivity contribution is 5.23. The monoisotopic (exact) mass is 275 g/mol. The molecule has 0 saturated heterocycles. The molecule has 0 radical (unpaired) electrons. The van der Waals surface area contributed by atoms with E-state index >= 15 is 0 Å². The van der Waals surface area contributed by atoms with E-state index in [-0.39, 0.29) is 5.82 Å². The van der Waals surface area contributed by atoms with E-state index in [4.69, 9.17) is 0 Å². The third kappa shape index (κ3) is 3.22. The van der Waals surface area contributed by atoms with E-state index in [2.05, 4.69) is 19.2 Å². The van der Waals surface area contributed by atoms with Gasteiger partial charge in [0.1, 0.15) is 5.82 Å². The van der Waals surface area contributed by atoms with Crippen LogP contribution in [0.1, 0.15) is 63.9 Å². The molecule has 3 rings (SSSR count). The van der Waals surface area contributed by atoms with Gasteiger partial charge in [0.2, 0.25) is 0 Å². The number of nitrogens with one attached hydrogen (secondary N) is 1. The standard InChI is InChI=1S/C18H26FN/c1-18(2)9-7-16(8-10-18)20-17-11-14(12-17)13-3-5-15(19)6-4-13/h3-6,14,16-17,20H,7-12H2,1-2H3. The molecular weight excluding hydrogens is 249 g/mol. The van der Waals surface area contributed by atoms with Gasteiger partial charge in [0.25, 0.3) is 0 Å². The van der Waals surface area contributed by atoms with Gasteiger partial charge in [-0.2, -0.15) is 0 Å². The minimum absolute atomic E-state index is 0.132. The van der Waals surface area contributed by atoms with Gasteiger partial charge in [-0.15, -0.1) is 0 Å². The topological polar surface area (TPSA) is 12.0 Å². The highest BCUT2D eigenvalue weighted by Crippen LogP contribution is 2.39. The fraction of sp³-hybridized carbons (Fsp3) is 0.667. The molecule has 2 heteroatoms. The molecule has 0 spiro atoms. The van der Waals surface area contributed by atoms with Crippen molar-refractivity contribution in [2.75, 3.05) is 0 Å². The van der Waals surface area contributed by atoms with Crippen molar-refractivity contribution in [1.82, 2.24) is 5.32 Å². The fourth-order valence-corrected chi connectivity index (χ4v) is 3.66. The van der Waals surface area contributed by atoms with Crippen LogP contribution in [0.2, 0.25) is 0 Å². The predicted octanol–water partition coefficient (Wildman–Crippen LogP) is 4.63. The summed E-state index contributed by atoms with van der Waals surface area (Å²) in [6, 6.07) is 8.45. The second-order valence-corrected chi connectivity index (χ2v) is 7.52. The lowest BCUT2D eigenvalue weighted by Gasteiger charge is -2.42. The van der Waals surface area contributed by atoms with Gasteiger partial charge < -0.3 is 5.32 Å². The van der Waals surface area contributed by atoms with Crippen molar-refractivity contribution >= 4 is 0 Å². The van der Waals surface area contributed by atoms with Crippen LogP contribution in [0.15, 0.2) is 24.3 Å². The van der Waals surface area contributed by atoms with E-state index in [0.29, 0.717) is 17.4 Å². The van der Waals surface area contributed by atoms with Crippen LogP contribution in [0.3, 0.4) is 0 Å². The van der Waals surface area contributed by atoms with Crippen molar-refractivity contribution in [3.63, 3.8) is 0 Å². The maximum Gasteiger partial charge on any atom is 0.123 e. The quantitative estimate of drug-likeness (QED) is 0.848. The summed E-state index contributed by atoms with van der Waals surface area (Å²) in [6.07, 6.45) is 7.77. The Morgan fingerprint density at radius 2 is 1.60 bits per heavy atom. The Hall–Kier alpha value is -0.890. The van der Waals surface area contributed by atoms with Crippen LogP contribution in [0, 0.1) is 11.2 Å². The average Bonchev–Trinajstić information content (AvgIpc) is 2.37. The summed E-state index contributed by atoms with van der Waals surface area (Å²) in [5, 5.41) is 3.83. The first kappa shape index (κ1) is 14.1. The molecule has 1 aromatic rings. The van der Waals surface area contributed by atoms with Gasteiger partial charge in [-0.1, -0.05) is 26.0 Å². The SMILES string of the molecule is CC1(C)CCC(NC2CC(c3ccc(F)cc3)C2)CC1. The molecule has 20 heavy (non-hydrogen) atoms. The van der Waals surface area contributed by atoms with Gasteiger partial charge in [0, 0.05) is 12.1 Å². The maximum atomic E-state index is 12.9. The van der Waals surface area contributed by atoms with Crippen LogP contribution in [0.25, 0.3) is 0 Å². The third-order valence-electron chi connectivity index (χ3n) is 5.29. The number of benzene rings is 1. The van der Waals surface area contributed by atoms with Gasteiger partial charge in [-0.05, 0) is 67.6 Å². The first-order valence-corrected chi connectivity index (χ1v) is 8.03. The van der Waals surface area contributed by atoms with Crippen molar-refractivity contribution in [2.24, 2.45) is 5.41 Å². The summed E-state index contributed by atoms with van der Waals surface area (Å²) in [7, 11) is 0. The molecule has 1 N–H and O–H groups in total. The Kier molecular flexibility index (Phi) is 3.85. The molecule has 0 aliphatic heterocycles. The fourth-order valence-electron chi connectivity index (χ4n) is 3.66. The smallest absolute Gasteiger partial charge is 0.123 e. The molecule has 0 aromatic heterocycles. The van der Waals surface area contributed by atoms with Crippen molar-refractivity contribution in [3.05, 3.63) is 35.6 Å². The van der Waals surface area contributed by atoms with Gasteiger partial charge in [-0.25, -0.2) is 4.39 Å². The lowest BCUT2D eigenvalue weighted by molar-refractivity contribution is 0.174. The summed E-state index contributed by atoms with van der Waals surface area (Å²) in [6.45, 7) is 4.77. The van der Waals surface area contributed by atoms with E-state index in [1.54, 1.807) is 12.1 Å². The highest BCUT2D eigenvalue weighted by Gasteiger charge is 2.33. The lowest BCUT2D eigenvalue weighted by Crippen LogP contribution is -2.47. The van der Waals surface area contributed by atoms with E-state index in [9.17, 15) is 4.39 Å². The maximum absolute atomic E-state index is 12.9. The molecule has 0 bridgehead atoms. The molecule has 2 aliphatic rings.